The number of rotatable bonds is 5. The van der Waals surface area contributed by atoms with Crippen molar-refractivity contribution < 1.29 is 0 Å². The summed E-state index contributed by atoms with van der Waals surface area (Å²) in [5.74, 6) is 0.830. The molecule has 2 N–H and O–H groups in total. The first-order valence-corrected chi connectivity index (χ1v) is 8.00. The van der Waals surface area contributed by atoms with Gasteiger partial charge in [-0.1, -0.05) is 23.8 Å². The number of nitrogens with one attached hydrogen (secondary N) is 2. The number of guanidine groups is 1. The molecule has 1 aromatic heterocycles. The number of nitrogens with zero attached hydrogens (tertiary/aromatic N) is 2. The molecule has 0 aliphatic rings. The highest BCUT2D eigenvalue weighted by molar-refractivity contribution is 5.79. The zero-order chi connectivity index (χ0) is 16.7. The highest BCUT2D eigenvalue weighted by Gasteiger charge is 2.02. The van der Waals surface area contributed by atoms with Crippen molar-refractivity contribution in [3.8, 4) is 0 Å². The fraction of sp³-hybridized carbons (Fsp3) is 0.368. The number of hydrogen-bond donors (Lipinski definition) is 2. The average Bonchev–Trinajstić information content (AvgIpc) is 2.54. The van der Waals surface area contributed by atoms with E-state index in [1.54, 1.807) is 7.05 Å². The third-order valence-electron chi connectivity index (χ3n) is 3.99. The van der Waals surface area contributed by atoms with Gasteiger partial charge in [-0.25, -0.2) is 0 Å². The van der Waals surface area contributed by atoms with Gasteiger partial charge in [-0.05, 0) is 55.5 Å². The van der Waals surface area contributed by atoms with Gasteiger partial charge in [-0.3, -0.25) is 9.98 Å². The lowest BCUT2D eigenvalue weighted by atomic mass is 10.1. The number of pyridine rings is 1. The summed E-state index contributed by atoms with van der Waals surface area (Å²) in [6.45, 7) is 7.98. The number of benzene rings is 1. The van der Waals surface area contributed by atoms with E-state index in [9.17, 15) is 0 Å². The number of hydrogen-bond acceptors (Lipinski definition) is 2. The van der Waals surface area contributed by atoms with Crippen LogP contribution in [0.5, 0.6) is 0 Å². The van der Waals surface area contributed by atoms with Gasteiger partial charge in [-0.2, -0.15) is 0 Å². The maximum atomic E-state index is 4.29. The smallest absolute Gasteiger partial charge is 0.191 e. The predicted molar refractivity (Wildman–Crippen MR) is 96.8 cm³/mol. The van der Waals surface area contributed by atoms with Crippen molar-refractivity contribution in [2.45, 2.75) is 33.7 Å². The van der Waals surface area contributed by atoms with Crippen molar-refractivity contribution in [3.63, 3.8) is 0 Å². The summed E-state index contributed by atoms with van der Waals surface area (Å²) in [6.07, 6.45) is 4.71. The molecule has 23 heavy (non-hydrogen) atoms. The Morgan fingerprint density at radius 2 is 1.87 bits per heavy atom. The molecule has 4 nitrogen and oxygen atoms in total. The molecule has 0 saturated carbocycles. The topological polar surface area (TPSA) is 49.3 Å². The molecule has 2 aromatic rings. The maximum absolute atomic E-state index is 4.29. The van der Waals surface area contributed by atoms with Crippen LogP contribution in [0.3, 0.4) is 0 Å². The quantitative estimate of drug-likeness (QED) is 0.659. The van der Waals surface area contributed by atoms with Crippen LogP contribution in [0, 0.1) is 20.8 Å². The minimum atomic E-state index is 0.778. The molecule has 0 fully saturated rings. The van der Waals surface area contributed by atoms with Crippen molar-refractivity contribution in [1.82, 2.24) is 15.6 Å². The Morgan fingerprint density at radius 1 is 1.04 bits per heavy atom. The molecule has 2 rings (SSSR count). The molecule has 0 aliphatic carbocycles. The van der Waals surface area contributed by atoms with Crippen LogP contribution in [-0.4, -0.2) is 24.5 Å². The molecule has 1 aromatic carbocycles. The summed E-state index contributed by atoms with van der Waals surface area (Å²) in [6, 6.07) is 8.60. The Balaban J connectivity index is 1.83. The Bertz CT molecular complexity index is 677. The van der Waals surface area contributed by atoms with Gasteiger partial charge in [0.2, 0.25) is 0 Å². The van der Waals surface area contributed by atoms with Crippen LogP contribution in [0.25, 0.3) is 0 Å². The van der Waals surface area contributed by atoms with E-state index in [1.807, 2.05) is 12.4 Å². The summed E-state index contributed by atoms with van der Waals surface area (Å²) >= 11 is 0. The molecular weight excluding hydrogens is 284 g/mol. The molecule has 1 heterocycles. The van der Waals surface area contributed by atoms with Crippen LogP contribution in [0.2, 0.25) is 0 Å². The zero-order valence-corrected chi connectivity index (χ0v) is 14.5. The normalized spacial score (nSPS) is 11.4. The number of aromatic nitrogens is 1. The Morgan fingerprint density at radius 3 is 2.57 bits per heavy atom. The van der Waals surface area contributed by atoms with E-state index in [1.165, 1.54) is 27.8 Å². The second kappa shape index (κ2) is 8.32. The second-order valence-electron chi connectivity index (χ2n) is 5.83. The van der Waals surface area contributed by atoms with Crippen molar-refractivity contribution >= 4 is 5.96 Å². The van der Waals surface area contributed by atoms with Gasteiger partial charge in [0.25, 0.3) is 0 Å². The number of aliphatic imine (C=N–C) groups is 1. The van der Waals surface area contributed by atoms with Gasteiger partial charge >= 0.3 is 0 Å². The van der Waals surface area contributed by atoms with E-state index in [0.29, 0.717) is 0 Å². The fourth-order valence-corrected chi connectivity index (χ4v) is 2.54. The van der Waals surface area contributed by atoms with E-state index in [4.69, 9.17) is 0 Å². The van der Waals surface area contributed by atoms with Crippen LogP contribution < -0.4 is 10.6 Å². The van der Waals surface area contributed by atoms with E-state index >= 15 is 0 Å². The standard InChI is InChI=1S/C19H26N4/c1-14-5-6-18(15(2)11-14)13-23-19(20-4)22-10-8-17-7-9-21-12-16(17)3/h5-7,9,11-12H,8,10,13H2,1-4H3,(H2,20,22,23). The van der Waals surface area contributed by atoms with E-state index in [-0.39, 0.29) is 0 Å². The van der Waals surface area contributed by atoms with Crippen LogP contribution in [0.15, 0.2) is 41.7 Å². The van der Waals surface area contributed by atoms with Crippen LogP contribution in [-0.2, 0) is 13.0 Å². The first-order chi connectivity index (χ1) is 11.1. The van der Waals surface area contributed by atoms with E-state index in [0.717, 1.165) is 25.5 Å². The molecule has 0 spiro atoms. The second-order valence-corrected chi connectivity index (χ2v) is 5.83. The summed E-state index contributed by atoms with van der Waals surface area (Å²) in [5.41, 5.74) is 6.44. The van der Waals surface area contributed by atoms with Gasteiger partial charge < -0.3 is 10.6 Å². The van der Waals surface area contributed by atoms with Crippen LogP contribution in [0.1, 0.15) is 27.8 Å². The molecule has 0 bridgehead atoms. The Hall–Kier alpha value is -2.36. The summed E-state index contributed by atoms with van der Waals surface area (Å²) < 4.78 is 0. The largest absolute Gasteiger partial charge is 0.356 e. The highest BCUT2D eigenvalue weighted by atomic mass is 15.2. The molecule has 0 aliphatic heterocycles. The van der Waals surface area contributed by atoms with E-state index < -0.39 is 0 Å². The van der Waals surface area contributed by atoms with Crippen molar-refractivity contribution in [1.29, 1.82) is 0 Å². The first kappa shape index (κ1) is 17.0. The van der Waals surface area contributed by atoms with Gasteiger partial charge in [0.05, 0.1) is 0 Å². The van der Waals surface area contributed by atoms with Crippen molar-refractivity contribution in [2.24, 2.45) is 4.99 Å². The maximum Gasteiger partial charge on any atom is 0.191 e. The minimum Gasteiger partial charge on any atom is -0.356 e. The van der Waals surface area contributed by atoms with Gasteiger partial charge in [0, 0.05) is 32.5 Å². The molecule has 0 atom stereocenters. The SMILES string of the molecule is CN=C(NCCc1ccncc1C)NCc1ccc(C)cc1C. The third-order valence-corrected chi connectivity index (χ3v) is 3.99. The summed E-state index contributed by atoms with van der Waals surface area (Å²) in [7, 11) is 1.80. The molecular formula is C19H26N4. The minimum absolute atomic E-state index is 0.778. The average molecular weight is 310 g/mol. The lowest BCUT2D eigenvalue weighted by molar-refractivity contribution is 0.789. The monoisotopic (exact) mass is 310 g/mol. The summed E-state index contributed by atoms with van der Waals surface area (Å²) in [4.78, 5) is 8.41. The van der Waals surface area contributed by atoms with Gasteiger partial charge in [0.1, 0.15) is 0 Å². The van der Waals surface area contributed by atoms with Crippen LogP contribution in [0.4, 0.5) is 0 Å². The Kier molecular flexibility index (Phi) is 6.15. The third kappa shape index (κ3) is 5.09. The van der Waals surface area contributed by atoms with Crippen molar-refractivity contribution in [2.75, 3.05) is 13.6 Å². The highest BCUT2D eigenvalue weighted by Crippen LogP contribution is 2.10. The molecule has 0 amide bonds. The molecule has 4 heteroatoms. The predicted octanol–water partition coefficient (Wildman–Crippen LogP) is 2.91. The van der Waals surface area contributed by atoms with E-state index in [2.05, 4.69) is 65.6 Å². The fourth-order valence-electron chi connectivity index (χ4n) is 2.54. The zero-order valence-electron chi connectivity index (χ0n) is 14.5. The molecule has 122 valence electrons. The van der Waals surface area contributed by atoms with Crippen LogP contribution >= 0.6 is 0 Å². The molecule has 0 radical (unpaired) electrons. The molecule has 0 unspecified atom stereocenters. The molecule has 0 saturated heterocycles. The van der Waals surface area contributed by atoms with Crippen molar-refractivity contribution in [3.05, 3.63) is 64.5 Å². The van der Waals surface area contributed by atoms with Gasteiger partial charge in [-0.15, -0.1) is 0 Å². The number of aryl methyl sites for hydroxylation is 3. The Labute approximate surface area is 139 Å². The lowest BCUT2D eigenvalue weighted by Crippen LogP contribution is -2.38. The first-order valence-electron chi connectivity index (χ1n) is 8.00. The lowest BCUT2D eigenvalue weighted by Gasteiger charge is -2.14. The van der Waals surface area contributed by atoms with Gasteiger partial charge in [0.15, 0.2) is 5.96 Å². The summed E-state index contributed by atoms with van der Waals surface area (Å²) in [5, 5.41) is 6.74.